The van der Waals surface area contributed by atoms with Gasteiger partial charge in [0.2, 0.25) is 0 Å². The number of para-hydroxylation sites is 1. The van der Waals surface area contributed by atoms with Gasteiger partial charge >= 0.3 is 0 Å². The van der Waals surface area contributed by atoms with E-state index in [-0.39, 0.29) is 11.6 Å². The van der Waals surface area contributed by atoms with Crippen LogP contribution in [0.2, 0.25) is 0 Å². The standard InChI is InChI=1S/C15H23N3O/c1-15(2)14(12-6-4-5-7-13(12)19-15)16-18-10-8-17(3)9-11-18/h4-7,14,16H,8-11H2,1-3H3. The zero-order chi connectivity index (χ0) is 13.5. The van der Waals surface area contributed by atoms with E-state index >= 15 is 0 Å². The maximum Gasteiger partial charge on any atom is 0.125 e. The lowest BCUT2D eigenvalue weighted by molar-refractivity contribution is 0.0259. The van der Waals surface area contributed by atoms with E-state index in [0.717, 1.165) is 31.9 Å². The first-order valence-corrected chi connectivity index (χ1v) is 7.04. The van der Waals surface area contributed by atoms with Crippen LogP contribution in [0.15, 0.2) is 24.3 Å². The third kappa shape index (κ3) is 2.48. The van der Waals surface area contributed by atoms with Crippen molar-refractivity contribution in [3.8, 4) is 5.75 Å². The third-order valence-electron chi connectivity index (χ3n) is 4.11. The highest BCUT2D eigenvalue weighted by Crippen LogP contribution is 2.42. The van der Waals surface area contributed by atoms with Crippen molar-refractivity contribution in [2.45, 2.75) is 25.5 Å². The number of likely N-dealkylation sites (N-methyl/N-ethyl adjacent to an activating group) is 1. The van der Waals surface area contributed by atoms with Crippen molar-refractivity contribution in [3.05, 3.63) is 29.8 Å². The molecule has 4 nitrogen and oxygen atoms in total. The van der Waals surface area contributed by atoms with Crippen molar-refractivity contribution in [1.82, 2.24) is 15.3 Å². The Morgan fingerprint density at radius 1 is 1.16 bits per heavy atom. The molecule has 2 aliphatic heterocycles. The minimum absolute atomic E-state index is 0.201. The summed E-state index contributed by atoms with van der Waals surface area (Å²) >= 11 is 0. The molecule has 0 aliphatic carbocycles. The van der Waals surface area contributed by atoms with Gasteiger partial charge in [0.05, 0.1) is 6.04 Å². The van der Waals surface area contributed by atoms with Crippen molar-refractivity contribution in [2.75, 3.05) is 33.2 Å². The molecule has 0 amide bonds. The molecule has 0 bridgehead atoms. The number of hydrazine groups is 1. The van der Waals surface area contributed by atoms with Crippen LogP contribution in [0.25, 0.3) is 0 Å². The summed E-state index contributed by atoms with van der Waals surface area (Å²) in [7, 11) is 2.18. The van der Waals surface area contributed by atoms with E-state index in [0.29, 0.717) is 0 Å². The van der Waals surface area contributed by atoms with Crippen LogP contribution in [-0.4, -0.2) is 48.7 Å². The maximum atomic E-state index is 6.07. The van der Waals surface area contributed by atoms with E-state index in [4.69, 9.17) is 4.74 Å². The van der Waals surface area contributed by atoms with Crippen molar-refractivity contribution in [1.29, 1.82) is 0 Å². The number of fused-ring (bicyclic) bond motifs is 1. The Balaban J connectivity index is 1.76. The summed E-state index contributed by atoms with van der Waals surface area (Å²) in [5.41, 5.74) is 4.73. The molecule has 0 spiro atoms. The van der Waals surface area contributed by atoms with E-state index < -0.39 is 0 Å². The topological polar surface area (TPSA) is 27.7 Å². The number of nitrogens with one attached hydrogen (secondary N) is 1. The second-order valence-electron chi connectivity index (χ2n) is 6.10. The van der Waals surface area contributed by atoms with E-state index in [9.17, 15) is 0 Å². The minimum atomic E-state index is -0.201. The number of piperazine rings is 1. The van der Waals surface area contributed by atoms with Crippen LogP contribution < -0.4 is 10.2 Å². The Bertz CT molecular complexity index is 452. The molecule has 0 saturated carbocycles. The van der Waals surface area contributed by atoms with Gasteiger partial charge in [0.15, 0.2) is 0 Å². The van der Waals surface area contributed by atoms with Gasteiger partial charge in [0, 0.05) is 31.7 Å². The van der Waals surface area contributed by atoms with Crippen LogP contribution in [0.4, 0.5) is 0 Å². The number of hydrogen-bond donors (Lipinski definition) is 1. The predicted molar refractivity (Wildman–Crippen MR) is 76.1 cm³/mol. The molecule has 2 heterocycles. The molecule has 1 aromatic carbocycles. The fraction of sp³-hybridized carbons (Fsp3) is 0.600. The lowest BCUT2D eigenvalue weighted by Crippen LogP contribution is -2.54. The highest BCUT2D eigenvalue weighted by molar-refractivity contribution is 5.42. The summed E-state index contributed by atoms with van der Waals surface area (Å²) in [4.78, 5) is 2.36. The van der Waals surface area contributed by atoms with Crippen molar-refractivity contribution in [2.24, 2.45) is 0 Å². The molecule has 1 saturated heterocycles. The van der Waals surface area contributed by atoms with E-state index in [1.54, 1.807) is 0 Å². The largest absolute Gasteiger partial charge is 0.485 e. The summed E-state index contributed by atoms with van der Waals surface area (Å²) in [6.07, 6.45) is 0. The lowest BCUT2D eigenvalue weighted by atomic mass is 9.95. The van der Waals surface area contributed by atoms with E-state index in [2.05, 4.69) is 54.4 Å². The van der Waals surface area contributed by atoms with Gasteiger partial charge in [-0.3, -0.25) is 0 Å². The minimum Gasteiger partial charge on any atom is -0.485 e. The summed E-state index contributed by atoms with van der Waals surface area (Å²) in [6, 6.07) is 8.57. The molecular formula is C15H23N3O. The van der Waals surface area contributed by atoms with Gasteiger partial charge in [-0.05, 0) is 27.0 Å². The monoisotopic (exact) mass is 261 g/mol. The zero-order valence-corrected chi connectivity index (χ0v) is 12.0. The highest BCUT2D eigenvalue weighted by Gasteiger charge is 2.41. The first-order chi connectivity index (χ1) is 9.06. The number of rotatable bonds is 2. The van der Waals surface area contributed by atoms with Crippen molar-refractivity contribution < 1.29 is 4.74 Å². The fourth-order valence-electron chi connectivity index (χ4n) is 2.87. The van der Waals surface area contributed by atoms with E-state index in [1.165, 1.54) is 5.56 Å². The molecule has 2 aliphatic rings. The molecule has 1 unspecified atom stereocenters. The predicted octanol–water partition coefficient (Wildman–Crippen LogP) is 1.65. The Morgan fingerprint density at radius 3 is 2.58 bits per heavy atom. The van der Waals surface area contributed by atoms with Crippen LogP contribution in [0, 0.1) is 0 Å². The average molecular weight is 261 g/mol. The fourth-order valence-corrected chi connectivity index (χ4v) is 2.87. The molecule has 1 aromatic rings. The molecule has 4 heteroatoms. The molecule has 19 heavy (non-hydrogen) atoms. The smallest absolute Gasteiger partial charge is 0.125 e. The number of nitrogens with zero attached hydrogens (tertiary/aromatic N) is 2. The molecule has 1 fully saturated rings. The second-order valence-corrected chi connectivity index (χ2v) is 6.10. The van der Waals surface area contributed by atoms with Gasteiger partial charge in [-0.1, -0.05) is 18.2 Å². The molecule has 1 N–H and O–H groups in total. The molecule has 1 atom stereocenters. The first-order valence-electron chi connectivity index (χ1n) is 7.04. The normalized spacial score (nSPS) is 27.0. The van der Waals surface area contributed by atoms with Crippen molar-refractivity contribution in [3.63, 3.8) is 0 Å². The van der Waals surface area contributed by atoms with Gasteiger partial charge in [-0.15, -0.1) is 0 Å². The average Bonchev–Trinajstić information content (AvgIpc) is 2.63. The first kappa shape index (κ1) is 12.9. The third-order valence-corrected chi connectivity index (χ3v) is 4.11. The van der Waals surface area contributed by atoms with Gasteiger partial charge in [0.1, 0.15) is 11.4 Å². The Hall–Kier alpha value is -1.10. The molecule has 0 aromatic heterocycles. The Morgan fingerprint density at radius 2 is 1.84 bits per heavy atom. The second kappa shape index (κ2) is 4.78. The van der Waals surface area contributed by atoms with Crippen LogP contribution in [0.5, 0.6) is 5.75 Å². The lowest BCUT2D eigenvalue weighted by Gasteiger charge is -2.37. The quantitative estimate of drug-likeness (QED) is 0.876. The number of ether oxygens (including phenoxy) is 1. The van der Waals surface area contributed by atoms with Crippen LogP contribution >= 0.6 is 0 Å². The maximum absolute atomic E-state index is 6.07. The zero-order valence-electron chi connectivity index (χ0n) is 12.0. The van der Waals surface area contributed by atoms with Gasteiger partial charge in [0.25, 0.3) is 0 Å². The molecule has 3 rings (SSSR count). The van der Waals surface area contributed by atoms with E-state index in [1.807, 2.05) is 6.07 Å². The van der Waals surface area contributed by atoms with Crippen LogP contribution in [0.1, 0.15) is 25.5 Å². The highest BCUT2D eigenvalue weighted by atomic mass is 16.5. The summed E-state index contributed by atoms with van der Waals surface area (Å²) < 4.78 is 6.07. The Labute approximate surface area is 115 Å². The van der Waals surface area contributed by atoms with Gasteiger partial charge in [-0.2, -0.15) is 0 Å². The van der Waals surface area contributed by atoms with Gasteiger partial charge < -0.3 is 9.64 Å². The van der Waals surface area contributed by atoms with Gasteiger partial charge in [-0.25, -0.2) is 10.4 Å². The number of benzene rings is 1. The van der Waals surface area contributed by atoms with Crippen LogP contribution in [-0.2, 0) is 0 Å². The Kier molecular flexibility index (Phi) is 3.25. The van der Waals surface area contributed by atoms with Crippen LogP contribution in [0.3, 0.4) is 0 Å². The van der Waals surface area contributed by atoms with Crippen molar-refractivity contribution >= 4 is 0 Å². The molecular weight excluding hydrogens is 238 g/mol. The number of hydrogen-bond acceptors (Lipinski definition) is 4. The SMILES string of the molecule is CN1CCN(NC2c3ccccc3OC2(C)C)CC1. The summed E-state index contributed by atoms with van der Waals surface area (Å²) in [5.74, 6) is 1.01. The molecule has 0 radical (unpaired) electrons. The molecule has 104 valence electrons. The summed E-state index contributed by atoms with van der Waals surface area (Å²) in [6.45, 7) is 8.66. The summed E-state index contributed by atoms with van der Waals surface area (Å²) in [5, 5.41) is 2.33.